The molecule has 0 fully saturated rings. The van der Waals surface area contributed by atoms with E-state index in [-0.39, 0.29) is 18.4 Å². The molecule has 1 aromatic heterocycles. The summed E-state index contributed by atoms with van der Waals surface area (Å²) < 4.78 is 6.85. The summed E-state index contributed by atoms with van der Waals surface area (Å²) in [4.78, 5) is 23.8. The number of rotatable bonds is 8. The largest absolute Gasteiger partial charge is 0.465 e. The lowest BCUT2D eigenvalue weighted by molar-refractivity contribution is -0.143. The fourth-order valence-corrected chi connectivity index (χ4v) is 2.99. The number of nitrogens with one attached hydrogen (secondary N) is 1. The molecule has 0 aliphatic rings. The third-order valence-corrected chi connectivity index (χ3v) is 4.30. The number of fused-ring (bicyclic) bond motifs is 1. The molecule has 0 aliphatic heterocycles. The molecule has 1 amide bonds. The zero-order valence-corrected chi connectivity index (χ0v) is 15.8. The van der Waals surface area contributed by atoms with Crippen molar-refractivity contribution >= 4 is 29.0 Å². The van der Waals surface area contributed by atoms with Crippen LogP contribution in [0.3, 0.4) is 0 Å². The normalized spacial score (nSPS) is 11.0. The summed E-state index contributed by atoms with van der Waals surface area (Å²) in [5.41, 5.74) is 5.41. The van der Waals surface area contributed by atoms with Crippen molar-refractivity contribution in [3.05, 3.63) is 71.9 Å². The van der Waals surface area contributed by atoms with E-state index < -0.39 is 0 Å². The molecule has 0 spiro atoms. The first kappa shape index (κ1) is 19.4. The maximum atomic E-state index is 12.0. The van der Waals surface area contributed by atoms with Crippen LogP contribution in [0.4, 0.5) is 0 Å². The van der Waals surface area contributed by atoms with E-state index >= 15 is 0 Å². The van der Waals surface area contributed by atoms with E-state index in [2.05, 4.69) is 10.5 Å². The lowest BCUT2D eigenvalue weighted by atomic mass is 10.1. The van der Waals surface area contributed by atoms with Gasteiger partial charge >= 0.3 is 5.97 Å². The van der Waals surface area contributed by atoms with Crippen molar-refractivity contribution in [2.45, 2.75) is 26.3 Å². The summed E-state index contributed by atoms with van der Waals surface area (Å²) in [5.74, 6) is -0.434. The molecule has 0 aliphatic carbocycles. The van der Waals surface area contributed by atoms with Gasteiger partial charge in [-0.15, -0.1) is 0 Å². The molecule has 1 N–H and O–H groups in total. The van der Waals surface area contributed by atoms with Gasteiger partial charge in [-0.05, 0) is 25.0 Å². The average Bonchev–Trinajstić information content (AvgIpc) is 3.05. The van der Waals surface area contributed by atoms with Crippen LogP contribution in [-0.2, 0) is 27.3 Å². The van der Waals surface area contributed by atoms with Crippen LogP contribution >= 0.6 is 0 Å². The minimum absolute atomic E-state index is 0.131. The van der Waals surface area contributed by atoms with E-state index in [9.17, 15) is 9.59 Å². The topological polar surface area (TPSA) is 72.7 Å². The number of carbonyl (C=O) groups is 2. The summed E-state index contributed by atoms with van der Waals surface area (Å²) >= 11 is 0. The van der Waals surface area contributed by atoms with Crippen LogP contribution in [0.15, 0.2) is 65.9 Å². The Morgan fingerprint density at radius 3 is 2.64 bits per heavy atom. The first-order valence-corrected chi connectivity index (χ1v) is 9.26. The van der Waals surface area contributed by atoms with Gasteiger partial charge in [0.25, 0.3) is 0 Å². The predicted molar refractivity (Wildman–Crippen MR) is 109 cm³/mol. The van der Waals surface area contributed by atoms with Gasteiger partial charge in [-0.25, -0.2) is 5.43 Å². The Labute approximate surface area is 163 Å². The van der Waals surface area contributed by atoms with Crippen LogP contribution in [0.25, 0.3) is 10.9 Å². The van der Waals surface area contributed by atoms with Crippen molar-refractivity contribution in [1.29, 1.82) is 0 Å². The standard InChI is InChI=1S/C22H23N3O3/c1-2-28-22(27)16-25-15-18(19-10-6-7-11-20(19)25)14-23-24-21(26)13-12-17-8-4-3-5-9-17/h3-11,14-15H,2,12-13,16H2,1H3,(H,24,26)/b23-14-. The van der Waals surface area contributed by atoms with Gasteiger partial charge in [0.2, 0.25) is 5.91 Å². The highest BCUT2D eigenvalue weighted by molar-refractivity contribution is 6.00. The van der Waals surface area contributed by atoms with E-state index in [0.29, 0.717) is 19.4 Å². The second kappa shape index (κ2) is 9.50. The smallest absolute Gasteiger partial charge is 0.325 e. The third kappa shape index (κ3) is 5.07. The maximum absolute atomic E-state index is 12.0. The minimum Gasteiger partial charge on any atom is -0.465 e. The number of benzene rings is 2. The van der Waals surface area contributed by atoms with Crippen LogP contribution in [0, 0.1) is 0 Å². The first-order chi connectivity index (χ1) is 13.7. The molecule has 144 valence electrons. The zero-order chi connectivity index (χ0) is 19.8. The number of aryl methyl sites for hydroxylation is 1. The lowest BCUT2D eigenvalue weighted by Gasteiger charge is -2.04. The second-order valence-electron chi connectivity index (χ2n) is 6.31. The summed E-state index contributed by atoms with van der Waals surface area (Å²) in [6, 6.07) is 17.6. The van der Waals surface area contributed by atoms with Crippen molar-refractivity contribution in [3.63, 3.8) is 0 Å². The molecule has 0 bridgehead atoms. The predicted octanol–water partition coefficient (Wildman–Crippen LogP) is 3.29. The fourth-order valence-electron chi connectivity index (χ4n) is 2.99. The van der Waals surface area contributed by atoms with Crippen LogP contribution in [-0.4, -0.2) is 29.3 Å². The molecule has 0 saturated carbocycles. The zero-order valence-electron chi connectivity index (χ0n) is 15.8. The number of hydrazone groups is 1. The van der Waals surface area contributed by atoms with Gasteiger partial charge < -0.3 is 9.30 Å². The molecule has 3 aromatic rings. The van der Waals surface area contributed by atoms with E-state index in [1.807, 2.05) is 65.4 Å². The monoisotopic (exact) mass is 377 g/mol. The summed E-state index contributed by atoms with van der Waals surface area (Å²) in [6.07, 6.45) is 4.47. The fraction of sp³-hybridized carbons (Fsp3) is 0.227. The third-order valence-electron chi connectivity index (χ3n) is 4.30. The second-order valence-corrected chi connectivity index (χ2v) is 6.31. The van der Waals surface area contributed by atoms with E-state index in [0.717, 1.165) is 22.0 Å². The Hall–Kier alpha value is -3.41. The number of para-hydroxylation sites is 1. The Kier molecular flexibility index (Phi) is 6.57. The quantitative estimate of drug-likeness (QED) is 0.372. The molecule has 0 radical (unpaired) electrons. The van der Waals surface area contributed by atoms with Crippen LogP contribution in [0.5, 0.6) is 0 Å². The Morgan fingerprint density at radius 2 is 1.86 bits per heavy atom. The van der Waals surface area contributed by atoms with Gasteiger partial charge in [0.1, 0.15) is 6.54 Å². The number of hydrogen-bond donors (Lipinski definition) is 1. The first-order valence-electron chi connectivity index (χ1n) is 9.26. The van der Waals surface area contributed by atoms with Gasteiger partial charge in [-0.1, -0.05) is 48.5 Å². The Morgan fingerprint density at radius 1 is 1.11 bits per heavy atom. The van der Waals surface area contributed by atoms with Crippen molar-refractivity contribution in [1.82, 2.24) is 9.99 Å². The summed E-state index contributed by atoms with van der Waals surface area (Å²) in [5, 5.41) is 5.03. The van der Waals surface area contributed by atoms with Crippen molar-refractivity contribution in [2.24, 2.45) is 5.10 Å². The summed E-state index contributed by atoms with van der Waals surface area (Å²) in [7, 11) is 0. The van der Waals surface area contributed by atoms with Crippen molar-refractivity contribution in [3.8, 4) is 0 Å². The van der Waals surface area contributed by atoms with Crippen molar-refractivity contribution < 1.29 is 14.3 Å². The molecular weight excluding hydrogens is 354 g/mol. The van der Waals surface area contributed by atoms with Gasteiger partial charge in [0.05, 0.1) is 12.8 Å². The lowest BCUT2D eigenvalue weighted by Crippen LogP contribution is -2.17. The molecule has 0 unspecified atom stereocenters. The number of amides is 1. The SMILES string of the molecule is CCOC(=O)Cn1cc(/C=N\NC(=O)CCc2ccccc2)c2ccccc21. The minimum atomic E-state index is -0.291. The molecule has 3 rings (SSSR count). The highest BCUT2D eigenvalue weighted by atomic mass is 16.5. The average molecular weight is 377 g/mol. The number of aromatic nitrogens is 1. The number of esters is 1. The highest BCUT2D eigenvalue weighted by Crippen LogP contribution is 2.20. The number of carbonyl (C=O) groups excluding carboxylic acids is 2. The molecule has 2 aromatic carbocycles. The van der Waals surface area contributed by atoms with Gasteiger partial charge in [-0.3, -0.25) is 9.59 Å². The maximum Gasteiger partial charge on any atom is 0.325 e. The van der Waals surface area contributed by atoms with Crippen LogP contribution in [0.1, 0.15) is 24.5 Å². The molecule has 0 atom stereocenters. The Balaban J connectivity index is 1.64. The summed E-state index contributed by atoms with van der Waals surface area (Å²) in [6.45, 7) is 2.26. The molecule has 1 heterocycles. The van der Waals surface area contributed by atoms with E-state index in [4.69, 9.17) is 4.74 Å². The molecule has 6 heteroatoms. The Bertz CT molecular complexity index is 977. The highest BCUT2D eigenvalue weighted by Gasteiger charge is 2.10. The van der Waals surface area contributed by atoms with E-state index in [1.54, 1.807) is 13.1 Å². The number of hydrogen-bond acceptors (Lipinski definition) is 4. The molecule has 6 nitrogen and oxygen atoms in total. The molecule has 0 saturated heterocycles. The van der Waals surface area contributed by atoms with Crippen LogP contribution < -0.4 is 5.43 Å². The van der Waals surface area contributed by atoms with Gasteiger partial charge in [0, 0.05) is 29.1 Å². The number of ether oxygens (including phenoxy) is 1. The van der Waals surface area contributed by atoms with Gasteiger partial charge in [0.15, 0.2) is 0 Å². The van der Waals surface area contributed by atoms with Gasteiger partial charge in [-0.2, -0.15) is 5.10 Å². The molecule has 28 heavy (non-hydrogen) atoms. The molecular formula is C22H23N3O3. The number of nitrogens with zero attached hydrogens (tertiary/aromatic N) is 2. The van der Waals surface area contributed by atoms with Crippen molar-refractivity contribution in [2.75, 3.05) is 6.61 Å². The van der Waals surface area contributed by atoms with Crippen LogP contribution in [0.2, 0.25) is 0 Å². The van der Waals surface area contributed by atoms with E-state index in [1.165, 1.54) is 0 Å².